The van der Waals surface area contributed by atoms with E-state index in [4.69, 9.17) is 0 Å². The second kappa shape index (κ2) is 7.16. The molecule has 2 aromatic carbocycles. The number of halogens is 3. The Bertz CT molecular complexity index is 962. The Morgan fingerprint density at radius 2 is 1.41 bits per heavy atom. The standard InChI is InChI=1S/C19H21F3N2O2S/c1-12-10-13(2)19(14(3)11-12)27(25,26)24-8-6-23(7-9-24)16-5-4-15(20)17(21)18(16)22/h4-5,10-11H,6-9H2,1-3H3. The van der Waals surface area contributed by atoms with E-state index in [1.165, 1.54) is 15.3 Å². The third-order valence-corrected chi connectivity index (χ3v) is 7.00. The van der Waals surface area contributed by atoms with Gasteiger partial charge in [0.25, 0.3) is 0 Å². The van der Waals surface area contributed by atoms with Gasteiger partial charge in [0.15, 0.2) is 17.5 Å². The molecule has 1 fully saturated rings. The second-order valence-corrected chi connectivity index (χ2v) is 8.69. The largest absolute Gasteiger partial charge is 0.366 e. The molecule has 8 heteroatoms. The summed E-state index contributed by atoms with van der Waals surface area (Å²) in [5.41, 5.74) is 2.29. The van der Waals surface area contributed by atoms with Gasteiger partial charge in [-0.15, -0.1) is 0 Å². The Labute approximate surface area is 157 Å². The summed E-state index contributed by atoms with van der Waals surface area (Å²) in [4.78, 5) is 1.82. The van der Waals surface area contributed by atoms with Gasteiger partial charge < -0.3 is 4.90 Å². The zero-order valence-corrected chi connectivity index (χ0v) is 16.2. The van der Waals surface area contributed by atoms with Gasteiger partial charge in [0.05, 0.1) is 10.6 Å². The van der Waals surface area contributed by atoms with E-state index in [9.17, 15) is 21.6 Å². The Morgan fingerprint density at radius 1 is 0.852 bits per heavy atom. The third-order valence-electron chi connectivity index (χ3n) is 4.80. The topological polar surface area (TPSA) is 40.6 Å². The maximum absolute atomic E-state index is 14.0. The van der Waals surface area contributed by atoms with Crippen molar-refractivity contribution in [2.45, 2.75) is 25.7 Å². The SMILES string of the molecule is Cc1cc(C)c(S(=O)(=O)N2CCN(c3ccc(F)c(F)c3F)CC2)c(C)c1. The van der Waals surface area contributed by atoms with Gasteiger partial charge in [-0.3, -0.25) is 0 Å². The lowest BCUT2D eigenvalue weighted by atomic mass is 10.1. The van der Waals surface area contributed by atoms with Crippen molar-refractivity contribution in [2.75, 3.05) is 31.1 Å². The fourth-order valence-electron chi connectivity index (χ4n) is 3.63. The maximum Gasteiger partial charge on any atom is 0.243 e. The van der Waals surface area contributed by atoms with Gasteiger partial charge in [-0.2, -0.15) is 4.31 Å². The zero-order valence-electron chi connectivity index (χ0n) is 15.4. The number of benzene rings is 2. The van der Waals surface area contributed by atoms with E-state index < -0.39 is 27.5 Å². The number of sulfonamides is 1. The van der Waals surface area contributed by atoms with Gasteiger partial charge in [0.2, 0.25) is 10.0 Å². The Kier molecular flexibility index (Phi) is 5.22. The summed E-state index contributed by atoms with van der Waals surface area (Å²) in [7, 11) is -3.69. The zero-order chi connectivity index (χ0) is 19.9. The predicted octanol–water partition coefficient (Wildman–Crippen LogP) is 3.54. The molecule has 1 aliphatic heterocycles. The van der Waals surface area contributed by atoms with Crippen molar-refractivity contribution in [3.05, 3.63) is 58.4 Å². The molecule has 0 radical (unpaired) electrons. The van der Waals surface area contributed by atoms with Crippen LogP contribution in [-0.2, 0) is 10.0 Å². The molecule has 0 atom stereocenters. The van der Waals surface area contributed by atoms with E-state index in [-0.39, 0.29) is 31.9 Å². The van der Waals surface area contributed by atoms with E-state index in [0.29, 0.717) is 16.0 Å². The summed E-state index contributed by atoms with van der Waals surface area (Å²) in [5.74, 6) is -4.02. The molecule has 0 N–H and O–H groups in total. The van der Waals surface area contributed by atoms with E-state index >= 15 is 0 Å². The van der Waals surface area contributed by atoms with Gasteiger partial charge in [-0.05, 0) is 44.0 Å². The monoisotopic (exact) mass is 398 g/mol. The van der Waals surface area contributed by atoms with Crippen molar-refractivity contribution in [1.29, 1.82) is 0 Å². The highest BCUT2D eigenvalue weighted by Gasteiger charge is 2.32. The molecular formula is C19H21F3N2O2S. The Morgan fingerprint density at radius 3 is 1.96 bits per heavy atom. The summed E-state index contributed by atoms with van der Waals surface area (Å²) in [6.07, 6.45) is 0. The smallest absolute Gasteiger partial charge is 0.243 e. The highest BCUT2D eigenvalue weighted by atomic mass is 32.2. The molecule has 1 heterocycles. The molecule has 0 spiro atoms. The van der Waals surface area contributed by atoms with Gasteiger partial charge in [0.1, 0.15) is 0 Å². The van der Waals surface area contributed by atoms with Gasteiger partial charge in [-0.25, -0.2) is 21.6 Å². The minimum Gasteiger partial charge on any atom is -0.366 e. The Hall–Kier alpha value is -2.06. The molecule has 0 aromatic heterocycles. The van der Waals surface area contributed by atoms with Gasteiger partial charge in [-0.1, -0.05) is 17.7 Å². The highest BCUT2D eigenvalue weighted by Crippen LogP contribution is 2.28. The maximum atomic E-state index is 14.0. The van der Waals surface area contributed by atoms with Crippen molar-refractivity contribution in [2.24, 2.45) is 0 Å². The van der Waals surface area contributed by atoms with Crippen molar-refractivity contribution in [3.8, 4) is 0 Å². The molecule has 0 bridgehead atoms. The minimum absolute atomic E-state index is 0.0614. The van der Waals surface area contributed by atoms with E-state index in [1.807, 2.05) is 19.1 Å². The average Bonchev–Trinajstić information content (AvgIpc) is 2.59. The molecule has 27 heavy (non-hydrogen) atoms. The van der Waals surface area contributed by atoms with Crippen LogP contribution < -0.4 is 4.90 Å². The molecule has 0 saturated carbocycles. The number of aryl methyl sites for hydroxylation is 3. The number of nitrogens with zero attached hydrogens (tertiary/aromatic N) is 2. The van der Waals surface area contributed by atoms with Gasteiger partial charge in [0, 0.05) is 26.2 Å². The summed E-state index contributed by atoms with van der Waals surface area (Å²) >= 11 is 0. The molecule has 146 valence electrons. The van der Waals surface area contributed by atoms with Crippen molar-refractivity contribution < 1.29 is 21.6 Å². The van der Waals surface area contributed by atoms with Crippen LogP contribution in [0.25, 0.3) is 0 Å². The molecule has 1 saturated heterocycles. The summed E-state index contributed by atoms with van der Waals surface area (Å²) in [6, 6.07) is 5.70. The fourth-order valence-corrected chi connectivity index (χ4v) is 5.47. The predicted molar refractivity (Wildman–Crippen MR) is 97.9 cm³/mol. The Balaban J connectivity index is 1.83. The number of hydrogen-bond donors (Lipinski definition) is 0. The molecule has 4 nitrogen and oxygen atoms in total. The normalized spacial score (nSPS) is 16.0. The first-order chi connectivity index (χ1) is 12.6. The number of rotatable bonds is 3. The third kappa shape index (κ3) is 3.55. The van der Waals surface area contributed by atoms with Crippen molar-refractivity contribution >= 4 is 15.7 Å². The second-order valence-electron chi connectivity index (χ2n) is 6.81. The van der Waals surface area contributed by atoms with Crippen molar-refractivity contribution in [3.63, 3.8) is 0 Å². The lowest BCUT2D eigenvalue weighted by molar-refractivity contribution is 0.380. The van der Waals surface area contributed by atoms with Crippen LogP contribution in [-0.4, -0.2) is 38.9 Å². The number of anilines is 1. The summed E-state index contributed by atoms with van der Waals surface area (Å²) in [6.45, 7) is 6.07. The first-order valence-corrected chi connectivity index (χ1v) is 10.0. The van der Waals surface area contributed by atoms with E-state index in [1.54, 1.807) is 13.8 Å². The molecule has 1 aliphatic rings. The van der Waals surface area contributed by atoms with Crippen LogP contribution in [0.3, 0.4) is 0 Å². The number of piperazine rings is 1. The molecule has 0 aliphatic carbocycles. The average molecular weight is 398 g/mol. The van der Waals surface area contributed by atoms with Crippen LogP contribution in [0.15, 0.2) is 29.2 Å². The lowest BCUT2D eigenvalue weighted by Crippen LogP contribution is -2.49. The first-order valence-electron chi connectivity index (χ1n) is 8.59. The molecule has 0 unspecified atom stereocenters. The molecule has 0 amide bonds. The minimum atomic E-state index is -3.69. The van der Waals surface area contributed by atoms with E-state index in [0.717, 1.165) is 11.6 Å². The number of hydrogen-bond acceptors (Lipinski definition) is 3. The van der Waals surface area contributed by atoms with Crippen LogP contribution >= 0.6 is 0 Å². The summed E-state index contributed by atoms with van der Waals surface area (Å²) < 4.78 is 68.1. The first kappa shape index (κ1) is 19.7. The fraction of sp³-hybridized carbons (Fsp3) is 0.368. The van der Waals surface area contributed by atoms with Crippen LogP contribution in [0, 0.1) is 38.2 Å². The van der Waals surface area contributed by atoms with Gasteiger partial charge >= 0.3 is 0 Å². The summed E-state index contributed by atoms with van der Waals surface area (Å²) in [5, 5.41) is 0. The molecule has 2 aromatic rings. The highest BCUT2D eigenvalue weighted by molar-refractivity contribution is 7.89. The lowest BCUT2D eigenvalue weighted by Gasteiger charge is -2.36. The molecular weight excluding hydrogens is 377 g/mol. The van der Waals surface area contributed by atoms with Crippen LogP contribution in [0.1, 0.15) is 16.7 Å². The van der Waals surface area contributed by atoms with E-state index in [2.05, 4.69) is 0 Å². The van der Waals surface area contributed by atoms with Crippen LogP contribution in [0.2, 0.25) is 0 Å². The molecule has 3 rings (SSSR count). The van der Waals surface area contributed by atoms with Crippen LogP contribution in [0.5, 0.6) is 0 Å². The van der Waals surface area contributed by atoms with Crippen molar-refractivity contribution in [1.82, 2.24) is 4.31 Å². The van der Waals surface area contributed by atoms with Crippen LogP contribution in [0.4, 0.5) is 18.9 Å². The quantitative estimate of drug-likeness (QED) is 0.743.